The van der Waals surface area contributed by atoms with Gasteiger partial charge in [0, 0.05) is 22.7 Å². The highest BCUT2D eigenvalue weighted by Crippen LogP contribution is 2.44. The van der Waals surface area contributed by atoms with Gasteiger partial charge in [-0.3, -0.25) is 4.99 Å². The fourth-order valence-corrected chi connectivity index (χ4v) is 3.77. The molecule has 0 spiro atoms. The first kappa shape index (κ1) is 21.3. The zero-order valence-corrected chi connectivity index (χ0v) is 18.2. The molecule has 146 valence electrons. The summed E-state index contributed by atoms with van der Waals surface area (Å²) in [6.45, 7) is 0.649. The second-order valence-corrected chi connectivity index (χ2v) is 6.75. The van der Waals surface area contributed by atoms with Gasteiger partial charge in [-0.05, 0) is 31.0 Å². The van der Waals surface area contributed by atoms with Crippen LogP contribution in [0.1, 0.15) is 31.2 Å². The van der Waals surface area contributed by atoms with Gasteiger partial charge in [0.15, 0.2) is 5.96 Å². The van der Waals surface area contributed by atoms with Gasteiger partial charge in [-0.2, -0.15) is 0 Å². The zero-order chi connectivity index (χ0) is 18.4. The Balaban J connectivity index is 0.00000261. The molecule has 5 nitrogen and oxygen atoms in total. The van der Waals surface area contributed by atoms with Gasteiger partial charge in [0.05, 0.1) is 20.8 Å². The molecule has 6 heteroatoms. The molecule has 1 aliphatic rings. The topological polar surface area (TPSA) is 68.9 Å². The molecule has 1 fully saturated rings. The Morgan fingerprint density at radius 2 is 1.81 bits per heavy atom. The van der Waals surface area contributed by atoms with Crippen LogP contribution in [0.25, 0.3) is 0 Å². The minimum Gasteiger partial charge on any atom is -0.497 e. The molecule has 0 amide bonds. The number of rotatable bonds is 6. The van der Waals surface area contributed by atoms with Crippen LogP contribution in [-0.4, -0.2) is 26.7 Å². The third-order valence-corrected chi connectivity index (χ3v) is 5.13. The molecule has 0 radical (unpaired) electrons. The number of hydrogen-bond acceptors (Lipinski definition) is 3. The van der Waals surface area contributed by atoms with Crippen molar-refractivity contribution in [3.63, 3.8) is 0 Å². The van der Waals surface area contributed by atoms with E-state index in [1.165, 1.54) is 18.4 Å². The summed E-state index contributed by atoms with van der Waals surface area (Å²) < 4.78 is 10.8. The van der Waals surface area contributed by atoms with Crippen LogP contribution in [-0.2, 0) is 5.41 Å². The molecule has 3 rings (SSSR count). The maximum absolute atomic E-state index is 6.15. The molecule has 27 heavy (non-hydrogen) atoms. The van der Waals surface area contributed by atoms with E-state index in [1.807, 2.05) is 36.4 Å². The Morgan fingerprint density at radius 1 is 1.07 bits per heavy atom. The van der Waals surface area contributed by atoms with Gasteiger partial charge in [0.2, 0.25) is 0 Å². The Labute approximate surface area is 178 Å². The van der Waals surface area contributed by atoms with Crippen molar-refractivity contribution in [2.45, 2.75) is 31.1 Å². The van der Waals surface area contributed by atoms with Crippen LogP contribution in [0.15, 0.2) is 53.5 Å². The van der Waals surface area contributed by atoms with Gasteiger partial charge < -0.3 is 20.5 Å². The molecule has 0 aromatic heterocycles. The number of para-hydroxylation sites is 1. The normalized spacial score (nSPS) is 15.7. The number of hydrogen-bond donors (Lipinski definition) is 2. The third kappa shape index (κ3) is 5.06. The van der Waals surface area contributed by atoms with Crippen LogP contribution in [0, 0.1) is 0 Å². The summed E-state index contributed by atoms with van der Waals surface area (Å²) in [7, 11) is 3.37. The van der Waals surface area contributed by atoms with E-state index in [1.54, 1.807) is 14.2 Å². The fraction of sp³-hybridized carbons (Fsp3) is 0.381. The second-order valence-electron chi connectivity index (χ2n) is 6.75. The highest BCUT2D eigenvalue weighted by molar-refractivity contribution is 14.0. The van der Waals surface area contributed by atoms with Crippen LogP contribution in [0.5, 0.6) is 11.5 Å². The lowest BCUT2D eigenvalue weighted by atomic mass is 9.78. The van der Waals surface area contributed by atoms with Gasteiger partial charge in [-0.25, -0.2) is 0 Å². The van der Waals surface area contributed by atoms with Crippen molar-refractivity contribution >= 4 is 35.6 Å². The van der Waals surface area contributed by atoms with Crippen molar-refractivity contribution in [1.29, 1.82) is 0 Å². The molecule has 2 aromatic rings. The molecule has 0 atom stereocenters. The Morgan fingerprint density at radius 3 is 2.52 bits per heavy atom. The Hall–Kier alpha value is -1.96. The molecule has 1 saturated carbocycles. The van der Waals surface area contributed by atoms with Crippen molar-refractivity contribution in [1.82, 2.24) is 0 Å². The number of anilines is 1. The van der Waals surface area contributed by atoms with Crippen molar-refractivity contribution in [3.05, 3.63) is 54.1 Å². The van der Waals surface area contributed by atoms with E-state index in [0.29, 0.717) is 12.5 Å². The van der Waals surface area contributed by atoms with Crippen LogP contribution in [0.2, 0.25) is 0 Å². The molecule has 1 aliphatic carbocycles. The van der Waals surface area contributed by atoms with Gasteiger partial charge in [0.25, 0.3) is 0 Å². The predicted molar refractivity (Wildman–Crippen MR) is 122 cm³/mol. The van der Waals surface area contributed by atoms with E-state index in [9.17, 15) is 0 Å². The van der Waals surface area contributed by atoms with E-state index in [-0.39, 0.29) is 29.4 Å². The number of guanidine groups is 1. The van der Waals surface area contributed by atoms with Crippen LogP contribution in [0.3, 0.4) is 0 Å². The van der Waals surface area contributed by atoms with Gasteiger partial charge in [-0.1, -0.05) is 37.1 Å². The standard InChI is InChI=1S/C21H27N3O2.HI/c1-25-17-9-7-8-16(14-17)24-20(22)23-15-21(12-5-6-13-21)18-10-3-4-11-19(18)26-2;/h3-4,7-11,14H,5-6,12-13,15H2,1-2H3,(H3,22,23,24);1H. The predicted octanol–water partition coefficient (Wildman–Crippen LogP) is 4.56. The lowest BCUT2D eigenvalue weighted by Crippen LogP contribution is -2.30. The first-order chi connectivity index (χ1) is 12.7. The molecular weight excluding hydrogens is 453 g/mol. The molecule has 0 bridgehead atoms. The van der Waals surface area contributed by atoms with Crippen molar-refractivity contribution < 1.29 is 9.47 Å². The number of benzene rings is 2. The Bertz CT molecular complexity index is 774. The number of halogens is 1. The lowest BCUT2D eigenvalue weighted by molar-refractivity contribution is 0.378. The average molecular weight is 481 g/mol. The van der Waals surface area contributed by atoms with Crippen molar-refractivity contribution in [3.8, 4) is 11.5 Å². The molecular formula is C21H28IN3O2. The molecule has 2 aromatic carbocycles. The highest BCUT2D eigenvalue weighted by Gasteiger charge is 2.37. The third-order valence-electron chi connectivity index (χ3n) is 5.13. The maximum Gasteiger partial charge on any atom is 0.193 e. The van der Waals surface area contributed by atoms with E-state index in [2.05, 4.69) is 22.4 Å². The van der Waals surface area contributed by atoms with Gasteiger partial charge in [-0.15, -0.1) is 24.0 Å². The smallest absolute Gasteiger partial charge is 0.193 e. The maximum atomic E-state index is 6.15. The first-order valence-electron chi connectivity index (χ1n) is 9.01. The van der Waals surface area contributed by atoms with Crippen LogP contribution < -0.4 is 20.5 Å². The SMILES string of the molecule is COc1cccc(NC(N)=NCC2(c3ccccc3OC)CCCC2)c1.I. The molecule has 0 unspecified atom stereocenters. The van der Waals surface area contributed by atoms with E-state index in [0.717, 1.165) is 30.0 Å². The second kappa shape index (κ2) is 9.82. The molecule has 3 N–H and O–H groups in total. The summed E-state index contributed by atoms with van der Waals surface area (Å²) in [4.78, 5) is 4.67. The zero-order valence-electron chi connectivity index (χ0n) is 15.9. The molecule has 0 heterocycles. The molecule has 0 aliphatic heterocycles. The summed E-state index contributed by atoms with van der Waals surface area (Å²) in [6, 6.07) is 15.9. The Kier molecular flexibility index (Phi) is 7.77. The average Bonchev–Trinajstić information content (AvgIpc) is 3.16. The van der Waals surface area contributed by atoms with Crippen LogP contribution in [0.4, 0.5) is 5.69 Å². The summed E-state index contributed by atoms with van der Waals surface area (Å²) in [5, 5.41) is 3.15. The van der Waals surface area contributed by atoms with E-state index in [4.69, 9.17) is 15.2 Å². The number of methoxy groups -OCH3 is 2. The van der Waals surface area contributed by atoms with E-state index < -0.39 is 0 Å². The number of nitrogens with zero attached hydrogens (tertiary/aromatic N) is 1. The summed E-state index contributed by atoms with van der Waals surface area (Å²) in [5.41, 5.74) is 8.24. The lowest BCUT2D eigenvalue weighted by Gasteiger charge is -2.29. The van der Waals surface area contributed by atoms with Crippen molar-refractivity contribution in [2.75, 3.05) is 26.1 Å². The quantitative estimate of drug-likeness (QED) is 0.361. The van der Waals surface area contributed by atoms with Gasteiger partial charge in [0.1, 0.15) is 11.5 Å². The number of nitrogens with one attached hydrogen (secondary N) is 1. The van der Waals surface area contributed by atoms with Gasteiger partial charge >= 0.3 is 0 Å². The summed E-state index contributed by atoms with van der Waals surface area (Å²) in [5.74, 6) is 2.13. The van der Waals surface area contributed by atoms with E-state index >= 15 is 0 Å². The van der Waals surface area contributed by atoms with Crippen molar-refractivity contribution in [2.24, 2.45) is 10.7 Å². The number of aliphatic imine (C=N–C) groups is 1. The highest BCUT2D eigenvalue weighted by atomic mass is 127. The monoisotopic (exact) mass is 481 g/mol. The summed E-state index contributed by atoms with van der Waals surface area (Å²) >= 11 is 0. The summed E-state index contributed by atoms with van der Waals surface area (Å²) in [6.07, 6.45) is 4.61. The number of ether oxygens (including phenoxy) is 2. The number of nitrogens with two attached hydrogens (primary N) is 1. The minimum absolute atomic E-state index is 0. The molecule has 0 saturated heterocycles. The fourth-order valence-electron chi connectivity index (χ4n) is 3.77. The first-order valence-corrected chi connectivity index (χ1v) is 9.01. The van der Waals surface area contributed by atoms with Crippen LogP contribution >= 0.6 is 24.0 Å². The largest absolute Gasteiger partial charge is 0.497 e. The minimum atomic E-state index is -0.00667.